The molecule has 0 aliphatic heterocycles. The van der Waals surface area contributed by atoms with Crippen LogP contribution in [0.4, 0.5) is 4.39 Å². The normalized spacial score (nSPS) is 12.7. The maximum absolute atomic E-state index is 13.1. The average molecular weight is 285 g/mol. The van der Waals surface area contributed by atoms with Gasteiger partial charge in [-0.1, -0.05) is 15.9 Å². The van der Waals surface area contributed by atoms with Crippen molar-refractivity contribution in [3.63, 3.8) is 0 Å². The zero-order chi connectivity index (χ0) is 11.5. The van der Waals surface area contributed by atoms with Gasteiger partial charge in [0.1, 0.15) is 18.0 Å². The number of aromatic nitrogens is 3. The Morgan fingerprint density at radius 1 is 1.44 bits per heavy atom. The molecule has 4 nitrogen and oxygen atoms in total. The molecular formula is C10H10BrFN4. The molecular weight excluding hydrogens is 275 g/mol. The van der Waals surface area contributed by atoms with Gasteiger partial charge in [0.05, 0.1) is 6.04 Å². The van der Waals surface area contributed by atoms with Crippen molar-refractivity contribution >= 4 is 15.9 Å². The molecule has 2 aromatic rings. The Balaban J connectivity index is 2.15. The van der Waals surface area contributed by atoms with E-state index in [-0.39, 0.29) is 11.9 Å². The van der Waals surface area contributed by atoms with Crippen LogP contribution in [0.15, 0.2) is 29.0 Å². The molecule has 1 unspecified atom stereocenters. The number of halogens is 2. The van der Waals surface area contributed by atoms with Crippen molar-refractivity contribution in [3.8, 4) is 0 Å². The van der Waals surface area contributed by atoms with Crippen molar-refractivity contribution in [3.05, 3.63) is 46.2 Å². The summed E-state index contributed by atoms with van der Waals surface area (Å²) in [7, 11) is 0. The van der Waals surface area contributed by atoms with Gasteiger partial charge in [-0.15, -0.1) is 0 Å². The zero-order valence-electron chi connectivity index (χ0n) is 8.32. The Morgan fingerprint density at radius 2 is 2.25 bits per heavy atom. The standard InChI is InChI=1S/C10H10BrFN4/c11-7-1-6(2-8(12)4-7)3-9(13)10-14-5-15-16-10/h1-2,4-5,9H,3,13H2,(H,14,15,16). The third-order valence-corrected chi connectivity index (χ3v) is 2.62. The van der Waals surface area contributed by atoms with Crippen LogP contribution in [0.2, 0.25) is 0 Å². The lowest BCUT2D eigenvalue weighted by atomic mass is 10.1. The molecule has 0 fully saturated rings. The van der Waals surface area contributed by atoms with Crippen molar-refractivity contribution in [2.45, 2.75) is 12.5 Å². The molecule has 0 amide bonds. The molecule has 0 aliphatic carbocycles. The highest BCUT2D eigenvalue weighted by atomic mass is 79.9. The van der Waals surface area contributed by atoms with Crippen molar-refractivity contribution in [1.82, 2.24) is 15.2 Å². The summed E-state index contributed by atoms with van der Waals surface area (Å²) in [6.07, 6.45) is 1.90. The van der Waals surface area contributed by atoms with Gasteiger partial charge < -0.3 is 5.73 Å². The van der Waals surface area contributed by atoms with Crippen molar-refractivity contribution in [2.24, 2.45) is 5.73 Å². The van der Waals surface area contributed by atoms with E-state index in [0.717, 1.165) is 5.56 Å². The fourth-order valence-corrected chi connectivity index (χ4v) is 1.99. The number of nitrogens with one attached hydrogen (secondary N) is 1. The van der Waals surface area contributed by atoms with Gasteiger partial charge in [-0.2, -0.15) is 5.10 Å². The molecule has 1 aromatic heterocycles. The fraction of sp³-hybridized carbons (Fsp3) is 0.200. The van der Waals surface area contributed by atoms with E-state index in [2.05, 4.69) is 31.1 Å². The summed E-state index contributed by atoms with van der Waals surface area (Å²) in [4.78, 5) is 3.96. The summed E-state index contributed by atoms with van der Waals surface area (Å²) in [6, 6.07) is 4.39. The van der Waals surface area contributed by atoms with Gasteiger partial charge in [0.25, 0.3) is 0 Å². The maximum Gasteiger partial charge on any atom is 0.141 e. The Labute approximate surface area is 100 Å². The zero-order valence-corrected chi connectivity index (χ0v) is 9.91. The summed E-state index contributed by atoms with van der Waals surface area (Å²) >= 11 is 3.24. The number of hydrogen-bond donors (Lipinski definition) is 2. The smallest absolute Gasteiger partial charge is 0.141 e. The molecule has 1 heterocycles. The van der Waals surface area contributed by atoms with Crippen LogP contribution in [-0.4, -0.2) is 15.2 Å². The van der Waals surface area contributed by atoms with Crippen LogP contribution >= 0.6 is 15.9 Å². The first-order chi connectivity index (χ1) is 7.65. The number of nitrogens with two attached hydrogens (primary N) is 1. The molecule has 6 heteroatoms. The second-order valence-corrected chi connectivity index (χ2v) is 4.37. The van der Waals surface area contributed by atoms with Gasteiger partial charge in [-0.25, -0.2) is 9.37 Å². The lowest BCUT2D eigenvalue weighted by Gasteiger charge is -2.08. The third-order valence-electron chi connectivity index (χ3n) is 2.16. The van der Waals surface area contributed by atoms with E-state index in [1.807, 2.05) is 6.07 Å². The van der Waals surface area contributed by atoms with Gasteiger partial charge in [0.15, 0.2) is 0 Å². The average Bonchev–Trinajstić information content (AvgIpc) is 2.68. The van der Waals surface area contributed by atoms with Crippen LogP contribution in [0.5, 0.6) is 0 Å². The molecule has 1 atom stereocenters. The molecule has 0 saturated heterocycles. The maximum atomic E-state index is 13.1. The molecule has 16 heavy (non-hydrogen) atoms. The van der Waals surface area contributed by atoms with Crippen molar-refractivity contribution in [2.75, 3.05) is 0 Å². The summed E-state index contributed by atoms with van der Waals surface area (Å²) < 4.78 is 13.8. The Bertz CT molecular complexity index is 451. The largest absolute Gasteiger partial charge is 0.321 e. The first-order valence-electron chi connectivity index (χ1n) is 4.71. The van der Waals surface area contributed by atoms with Gasteiger partial charge in [-0.05, 0) is 30.2 Å². The van der Waals surface area contributed by atoms with Crippen LogP contribution in [0.3, 0.4) is 0 Å². The predicted molar refractivity (Wildman–Crippen MR) is 61.1 cm³/mol. The lowest BCUT2D eigenvalue weighted by molar-refractivity contribution is 0.617. The molecule has 0 saturated carbocycles. The van der Waals surface area contributed by atoms with Crippen molar-refractivity contribution < 1.29 is 4.39 Å². The number of aromatic amines is 1. The number of benzene rings is 1. The Hall–Kier alpha value is -1.27. The van der Waals surface area contributed by atoms with E-state index in [0.29, 0.717) is 16.7 Å². The van der Waals surface area contributed by atoms with E-state index >= 15 is 0 Å². The van der Waals surface area contributed by atoms with E-state index in [4.69, 9.17) is 5.73 Å². The highest BCUT2D eigenvalue weighted by molar-refractivity contribution is 9.10. The molecule has 0 aliphatic rings. The molecule has 84 valence electrons. The number of nitrogens with zero attached hydrogens (tertiary/aromatic N) is 2. The van der Waals surface area contributed by atoms with Gasteiger partial charge in [0.2, 0.25) is 0 Å². The highest BCUT2D eigenvalue weighted by Crippen LogP contribution is 2.18. The van der Waals surface area contributed by atoms with Crippen molar-refractivity contribution in [1.29, 1.82) is 0 Å². The quantitative estimate of drug-likeness (QED) is 0.905. The minimum atomic E-state index is -0.309. The molecule has 2 rings (SSSR count). The summed E-state index contributed by atoms with van der Waals surface area (Å²) in [5, 5.41) is 6.42. The topological polar surface area (TPSA) is 67.6 Å². The Kier molecular flexibility index (Phi) is 3.31. The minimum Gasteiger partial charge on any atom is -0.321 e. The number of H-pyrrole nitrogens is 1. The van der Waals surface area contributed by atoms with E-state index in [9.17, 15) is 4.39 Å². The predicted octanol–water partition coefficient (Wildman–Crippen LogP) is 1.95. The third kappa shape index (κ3) is 2.65. The number of hydrogen-bond acceptors (Lipinski definition) is 3. The summed E-state index contributed by atoms with van der Waals surface area (Å²) in [6.45, 7) is 0. The summed E-state index contributed by atoms with van der Waals surface area (Å²) in [5.41, 5.74) is 6.72. The van der Waals surface area contributed by atoms with Crippen LogP contribution < -0.4 is 5.73 Å². The Morgan fingerprint density at radius 3 is 2.88 bits per heavy atom. The van der Waals surface area contributed by atoms with E-state index < -0.39 is 0 Å². The van der Waals surface area contributed by atoms with Gasteiger partial charge in [-0.3, -0.25) is 5.10 Å². The van der Waals surface area contributed by atoms with E-state index in [1.165, 1.54) is 18.5 Å². The minimum absolute atomic E-state index is 0.283. The SMILES string of the molecule is NC(Cc1cc(F)cc(Br)c1)c1ncn[nH]1. The molecule has 1 aromatic carbocycles. The second-order valence-electron chi connectivity index (χ2n) is 3.46. The number of rotatable bonds is 3. The van der Waals surface area contributed by atoms with Crippen LogP contribution in [0.25, 0.3) is 0 Å². The van der Waals surface area contributed by atoms with Crippen LogP contribution in [-0.2, 0) is 6.42 Å². The van der Waals surface area contributed by atoms with Gasteiger partial charge >= 0.3 is 0 Å². The first kappa shape index (κ1) is 11.2. The molecule has 0 radical (unpaired) electrons. The molecule has 3 N–H and O–H groups in total. The van der Waals surface area contributed by atoms with Crippen LogP contribution in [0, 0.1) is 5.82 Å². The first-order valence-corrected chi connectivity index (χ1v) is 5.50. The second kappa shape index (κ2) is 4.71. The lowest BCUT2D eigenvalue weighted by Crippen LogP contribution is -2.15. The fourth-order valence-electron chi connectivity index (χ4n) is 1.47. The van der Waals surface area contributed by atoms with E-state index in [1.54, 1.807) is 0 Å². The summed E-state index contributed by atoms with van der Waals surface area (Å²) in [5.74, 6) is 0.314. The molecule has 0 bridgehead atoms. The van der Waals surface area contributed by atoms with Gasteiger partial charge in [0, 0.05) is 4.47 Å². The molecule has 0 spiro atoms. The highest BCUT2D eigenvalue weighted by Gasteiger charge is 2.10. The monoisotopic (exact) mass is 284 g/mol. The van der Waals surface area contributed by atoms with Crippen LogP contribution in [0.1, 0.15) is 17.4 Å².